The lowest BCUT2D eigenvalue weighted by Gasteiger charge is -2.21. The SMILES string of the molecule is CCc1ccc(Br)c(S(=O)(=O)NC(C)(C)C)c1. The summed E-state index contributed by atoms with van der Waals surface area (Å²) in [7, 11) is -3.48. The predicted octanol–water partition coefficient (Wildman–Crippen LogP) is 3.09. The highest BCUT2D eigenvalue weighted by atomic mass is 79.9. The van der Waals surface area contributed by atoms with Crippen molar-refractivity contribution in [1.82, 2.24) is 4.72 Å². The summed E-state index contributed by atoms with van der Waals surface area (Å²) in [6.45, 7) is 7.46. The summed E-state index contributed by atoms with van der Waals surface area (Å²) in [5.74, 6) is 0. The molecule has 0 aliphatic carbocycles. The second kappa shape index (κ2) is 5.08. The number of sulfonamides is 1. The molecule has 0 saturated carbocycles. The molecule has 1 aromatic rings. The Morgan fingerprint density at radius 1 is 1.29 bits per heavy atom. The maximum absolute atomic E-state index is 12.2. The van der Waals surface area contributed by atoms with Crippen LogP contribution in [-0.2, 0) is 16.4 Å². The number of aryl methyl sites for hydroxylation is 1. The van der Waals surface area contributed by atoms with Crippen molar-refractivity contribution in [2.45, 2.75) is 44.6 Å². The number of benzene rings is 1. The van der Waals surface area contributed by atoms with E-state index in [0.717, 1.165) is 12.0 Å². The highest BCUT2D eigenvalue weighted by Gasteiger charge is 2.24. The summed E-state index contributed by atoms with van der Waals surface area (Å²) in [6, 6.07) is 5.40. The van der Waals surface area contributed by atoms with E-state index in [1.807, 2.05) is 33.8 Å². The van der Waals surface area contributed by atoms with Gasteiger partial charge in [-0.15, -0.1) is 0 Å². The molecule has 0 atom stereocenters. The monoisotopic (exact) mass is 319 g/mol. The largest absolute Gasteiger partial charge is 0.242 e. The maximum Gasteiger partial charge on any atom is 0.242 e. The molecule has 17 heavy (non-hydrogen) atoms. The van der Waals surface area contributed by atoms with Crippen molar-refractivity contribution < 1.29 is 8.42 Å². The first-order chi connectivity index (χ1) is 7.65. The quantitative estimate of drug-likeness (QED) is 0.930. The summed E-state index contributed by atoms with van der Waals surface area (Å²) in [5, 5.41) is 0. The van der Waals surface area contributed by atoms with Crippen molar-refractivity contribution in [3.63, 3.8) is 0 Å². The van der Waals surface area contributed by atoms with Gasteiger partial charge in [-0.05, 0) is 60.8 Å². The minimum atomic E-state index is -3.48. The highest BCUT2D eigenvalue weighted by molar-refractivity contribution is 9.10. The molecule has 0 radical (unpaired) electrons. The normalized spacial score (nSPS) is 12.8. The molecule has 1 aromatic carbocycles. The fourth-order valence-corrected chi connectivity index (χ4v) is 3.87. The molecule has 0 saturated heterocycles. The first kappa shape index (κ1) is 14.7. The summed E-state index contributed by atoms with van der Waals surface area (Å²) in [4.78, 5) is 0.298. The van der Waals surface area contributed by atoms with Gasteiger partial charge in [-0.25, -0.2) is 13.1 Å². The van der Waals surface area contributed by atoms with Crippen LogP contribution in [0.25, 0.3) is 0 Å². The molecule has 96 valence electrons. The fraction of sp³-hybridized carbons (Fsp3) is 0.500. The Kier molecular flexibility index (Phi) is 4.38. The molecule has 0 aliphatic rings. The molecule has 0 bridgehead atoms. The molecule has 0 spiro atoms. The molecular weight excluding hydrogens is 302 g/mol. The lowest BCUT2D eigenvalue weighted by atomic mass is 10.1. The average Bonchev–Trinajstić information content (AvgIpc) is 2.14. The van der Waals surface area contributed by atoms with Crippen molar-refractivity contribution >= 4 is 26.0 Å². The third-order valence-corrected chi connectivity index (χ3v) is 4.89. The zero-order valence-corrected chi connectivity index (χ0v) is 12.9. The summed E-state index contributed by atoms with van der Waals surface area (Å²) < 4.78 is 27.6. The van der Waals surface area contributed by atoms with Crippen LogP contribution in [-0.4, -0.2) is 14.0 Å². The van der Waals surface area contributed by atoms with Gasteiger partial charge in [0.05, 0.1) is 4.90 Å². The first-order valence-electron chi connectivity index (χ1n) is 5.48. The summed E-state index contributed by atoms with van der Waals surface area (Å²) in [5.41, 5.74) is 0.517. The van der Waals surface area contributed by atoms with Crippen LogP contribution < -0.4 is 4.72 Å². The molecule has 1 rings (SSSR count). The number of nitrogens with one attached hydrogen (secondary N) is 1. The van der Waals surface area contributed by atoms with Crippen molar-refractivity contribution in [2.75, 3.05) is 0 Å². The van der Waals surface area contributed by atoms with E-state index in [-0.39, 0.29) is 0 Å². The lowest BCUT2D eigenvalue weighted by Crippen LogP contribution is -2.40. The Morgan fingerprint density at radius 2 is 1.88 bits per heavy atom. The van der Waals surface area contributed by atoms with Crippen molar-refractivity contribution in [3.05, 3.63) is 28.2 Å². The van der Waals surface area contributed by atoms with E-state index in [0.29, 0.717) is 9.37 Å². The van der Waals surface area contributed by atoms with Crippen molar-refractivity contribution in [1.29, 1.82) is 0 Å². The van der Waals surface area contributed by atoms with Crippen LogP contribution in [0.5, 0.6) is 0 Å². The van der Waals surface area contributed by atoms with Gasteiger partial charge in [-0.2, -0.15) is 0 Å². The average molecular weight is 320 g/mol. The lowest BCUT2D eigenvalue weighted by molar-refractivity contribution is 0.491. The molecular formula is C12H18BrNO2S. The fourth-order valence-electron chi connectivity index (χ4n) is 1.43. The zero-order valence-electron chi connectivity index (χ0n) is 10.5. The van der Waals surface area contributed by atoms with E-state index in [4.69, 9.17) is 0 Å². The first-order valence-corrected chi connectivity index (χ1v) is 7.76. The molecule has 1 N–H and O–H groups in total. The summed E-state index contributed by atoms with van der Waals surface area (Å²) in [6.07, 6.45) is 0.811. The molecule has 3 nitrogen and oxygen atoms in total. The van der Waals surface area contributed by atoms with Gasteiger partial charge in [0.25, 0.3) is 0 Å². The van der Waals surface area contributed by atoms with E-state index in [9.17, 15) is 8.42 Å². The van der Waals surface area contributed by atoms with Crippen LogP contribution in [0, 0.1) is 0 Å². The van der Waals surface area contributed by atoms with Gasteiger partial charge >= 0.3 is 0 Å². The highest BCUT2D eigenvalue weighted by Crippen LogP contribution is 2.24. The van der Waals surface area contributed by atoms with Crippen LogP contribution in [0.2, 0.25) is 0 Å². The van der Waals surface area contributed by atoms with Gasteiger partial charge < -0.3 is 0 Å². The Bertz CT molecular complexity index is 504. The summed E-state index contributed by atoms with van der Waals surface area (Å²) >= 11 is 3.28. The molecule has 0 heterocycles. The van der Waals surface area contributed by atoms with E-state index in [2.05, 4.69) is 20.7 Å². The van der Waals surface area contributed by atoms with Gasteiger partial charge in [0.1, 0.15) is 0 Å². The second-order valence-corrected chi connectivity index (χ2v) is 7.48. The van der Waals surface area contributed by atoms with Crippen LogP contribution in [0.4, 0.5) is 0 Å². The van der Waals surface area contributed by atoms with Gasteiger partial charge in [-0.3, -0.25) is 0 Å². The minimum Gasteiger partial charge on any atom is -0.207 e. The van der Waals surface area contributed by atoms with E-state index in [1.165, 1.54) is 0 Å². The van der Waals surface area contributed by atoms with Crippen LogP contribution in [0.15, 0.2) is 27.6 Å². The molecule has 5 heteroatoms. The number of rotatable bonds is 3. The number of hydrogen-bond acceptors (Lipinski definition) is 2. The molecule has 0 fully saturated rings. The van der Waals surface area contributed by atoms with Gasteiger partial charge in [0.2, 0.25) is 10.0 Å². The third-order valence-electron chi connectivity index (χ3n) is 2.13. The Morgan fingerprint density at radius 3 is 2.35 bits per heavy atom. The van der Waals surface area contributed by atoms with Gasteiger partial charge in [0.15, 0.2) is 0 Å². The minimum absolute atomic E-state index is 0.298. The van der Waals surface area contributed by atoms with Crippen molar-refractivity contribution in [3.8, 4) is 0 Å². The van der Waals surface area contributed by atoms with E-state index >= 15 is 0 Å². The van der Waals surface area contributed by atoms with Crippen LogP contribution >= 0.6 is 15.9 Å². The second-order valence-electron chi connectivity index (χ2n) is 4.97. The molecule has 0 aromatic heterocycles. The number of hydrogen-bond donors (Lipinski definition) is 1. The maximum atomic E-state index is 12.2. The smallest absolute Gasteiger partial charge is 0.207 e. The van der Waals surface area contributed by atoms with Gasteiger partial charge in [-0.1, -0.05) is 13.0 Å². The zero-order chi connectivity index (χ0) is 13.3. The topological polar surface area (TPSA) is 46.2 Å². The third kappa shape index (κ3) is 4.08. The molecule has 0 unspecified atom stereocenters. The predicted molar refractivity (Wildman–Crippen MR) is 73.6 cm³/mol. The van der Waals surface area contributed by atoms with Crippen LogP contribution in [0.3, 0.4) is 0 Å². The molecule has 0 amide bonds. The van der Waals surface area contributed by atoms with Crippen molar-refractivity contribution in [2.24, 2.45) is 0 Å². The van der Waals surface area contributed by atoms with Crippen LogP contribution in [0.1, 0.15) is 33.3 Å². The molecule has 0 aliphatic heterocycles. The van der Waals surface area contributed by atoms with E-state index in [1.54, 1.807) is 12.1 Å². The Balaban J connectivity index is 3.23. The standard InChI is InChI=1S/C12H18BrNO2S/c1-5-9-6-7-10(13)11(8-9)17(15,16)14-12(2,3)4/h6-8,14H,5H2,1-4H3. The number of halogens is 1. The van der Waals surface area contributed by atoms with E-state index < -0.39 is 15.6 Å². The van der Waals surface area contributed by atoms with Gasteiger partial charge in [0, 0.05) is 10.0 Å². The Hall–Kier alpha value is -0.390. The Labute approximate surface area is 112 Å².